The van der Waals surface area contributed by atoms with Gasteiger partial charge in [-0.25, -0.2) is 0 Å². The van der Waals surface area contributed by atoms with Crippen LogP contribution in [0.15, 0.2) is 10.6 Å². The second kappa shape index (κ2) is 2.19. The van der Waals surface area contributed by atoms with E-state index in [0.29, 0.717) is 5.76 Å². The van der Waals surface area contributed by atoms with E-state index >= 15 is 0 Å². The maximum Gasteiger partial charge on any atom is 0.165 e. The van der Waals surface area contributed by atoms with Crippen LogP contribution >= 0.6 is 0 Å². The second-order valence-electron chi connectivity index (χ2n) is 2.05. The molecule has 0 saturated heterocycles. The molecule has 9 heavy (non-hydrogen) atoms. The number of rotatable bonds is 1. The number of aliphatic hydroxyl groups is 1. The summed E-state index contributed by atoms with van der Waals surface area (Å²) in [5, 5.41) is 12.5. The van der Waals surface area contributed by atoms with Crippen molar-refractivity contribution in [2.45, 2.75) is 20.0 Å². The Labute approximate surface area is 53.3 Å². The molecular weight excluding hydrogens is 118 g/mol. The van der Waals surface area contributed by atoms with Crippen LogP contribution in [0.5, 0.6) is 0 Å². The van der Waals surface area contributed by atoms with Gasteiger partial charge in [-0.2, -0.15) is 0 Å². The van der Waals surface area contributed by atoms with Crippen LogP contribution < -0.4 is 0 Å². The highest BCUT2D eigenvalue weighted by atomic mass is 16.5. The van der Waals surface area contributed by atoms with Crippen LogP contribution in [-0.4, -0.2) is 10.3 Å². The van der Waals surface area contributed by atoms with Gasteiger partial charge in [-0.15, -0.1) is 0 Å². The molecule has 3 nitrogen and oxygen atoms in total. The molecule has 1 aromatic heterocycles. The molecule has 3 heteroatoms. The fourth-order valence-electron chi connectivity index (χ4n) is 0.580. The molecule has 0 radical (unpaired) electrons. The third kappa shape index (κ3) is 1.29. The SMILES string of the molecule is Cc1cc([C@@H](C)O)on1. The third-order valence-corrected chi connectivity index (χ3v) is 1.06. The average Bonchev–Trinajstić information content (AvgIpc) is 2.14. The van der Waals surface area contributed by atoms with Crippen molar-refractivity contribution < 1.29 is 9.63 Å². The zero-order valence-electron chi connectivity index (χ0n) is 5.46. The van der Waals surface area contributed by atoms with E-state index < -0.39 is 6.10 Å². The molecule has 1 aromatic rings. The zero-order valence-corrected chi connectivity index (χ0v) is 5.46. The van der Waals surface area contributed by atoms with E-state index in [-0.39, 0.29) is 0 Å². The lowest BCUT2D eigenvalue weighted by atomic mass is 10.3. The van der Waals surface area contributed by atoms with E-state index in [1.807, 2.05) is 6.92 Å². The molecule has 0 bridgehead atoms. The molecule has 0 unspecified atom stereocenters. The summed E-state index contributed by atoms with van der Waals surface area (Å²) in [7, 11) is 0. The zero-order chi connectivity index (χ0) is 6.85. The maximum absolute atomic E-state index is 8.90. The van der Waals surface area contributed by atoms with Crippen molar-refractivity contribution in [3.05, 3.63) is 17.5 Å². The van der Waals surface area contributed by atoms with Crippen LogP contribution in [0.25, 0.3) is 0 Å². The van der Waals surface area contributed by atoms with Gasteiger partial charge in [0.1, 0.15) is 6.10 Å². The first-order valence-corrected chi connectivity index (χ1v) is 2.81. The molecule has 0 fully saturated rings. The van der Waals surface area contributed by atoms with Gasteiger partial charge in [0.05, 0.1) is 5.69 Å². The Hall–Kier alpha value is -0.830. The van der Waals surface area contributed by atoms with Crippen molar-refractivity contribution in [1.82, 2.24) is 5.16 Å². The minimum absolute atomic E-state index is 0.521. The standard InChI is InChI=1S/C6H9NO2/c1-4-3-6(5(2)8)9-7-4/h3,5,8H,1-2H3/t5-/m1/s1. The summed E-state index contributed by atoms with van der Waals surface area (Å²) in [6.07, 6.45) is -0.550. The average molecular weight is 127 g/mol. The molecule has 0 aliphatic rings. The van der Waals surface area contributed by atoms with Crippen molar-refractivity contribution in [2.24, 2.45) is 0 Å². The summed E-state index contributed by atoms with van der Waals surface area (Å²) in [4.78, 5) is 0. The fraction of sp³-hybridized carbons (Fsp3) is 0.500. The molecule has 0 spiro atoms. The molecule has 1 heterocycles. The summed E-state index contributed by atoms with van der Waals surface area (Å²) in [5.74, 6) is 0.521. The molecule has 0 saturated carbocycles. The Balaban J connectivity index is 2.85. The van der Waals surface area contributed by atoms with E-state index in [0.717, 1.165) is 5.69 Å². The van der Waals surface area contributed by atoms with Crippen molar-refractivity contribution in [1.29, 1.82) is 0 Å². The molecule has 1 rings (SSSR count). The normalized spacial score (nSPS) is 13.7. The smallest absolute Gasteiger partial charge is 0.165 e. The van der Waals surface area contributed by atoms with Gasteiger partial charge in [-0.05, 0) is 13.8 Å². The van der Waals surface area contributed by atoms with E-state index in [1.54, 1.807) is 13.0 Å². The lowest BCUT2D eigenvalue weighted by Crippen LogP contribution is -1.85. The van der Waals surface area contributed by atoms with E-state index in [4.69, 9.17) is 9.63 Å². The molecule has 1 N–H and O–H groups in total. The summed E-state index contributed by atoms with van der Waals surface area (Å²) in [5.41, 5.74) is 0.797. The Morgan fingerprint density at radius 1 is 1.78 bits per heavy atom. The van der Waals surface area contributed by atoms with Crippen LogP contribution in [0, 0.1) is 6.92 Å². The Morgan fingerprint density at radius 3 is 2.67 bits per heavy atom. The first kappa shape index (κ1) is 6.29. The Bertz CT molecular complexity index is 193. The van der Waals surface area contributed by atoms with Gasteiger partial charge in [0.15, 0.2) is 5.76 Å². The molecule has 50 valence electrons. The van der Waals surface area contributed by atoms with Crippen molar-refractivity contribution in [2.75, 3.05) is 0 Å². The fourth-order valence-corrected chi connectivity index (χ4v) is 0.580. The Kier molecular flexibility index (Phi) is 1.53. The van der Waals surface area contributed by atoms with Crippen LogP contribution in [0.1, 0.15) is 24.5 Å². The topological polar surface area (TPSA) is 46.3 Å². The molecule has 0 aromatic carbocycles. The summed E-state index contributed by atoms with van der Waals surface area (Å²) in [6, 6.07) is 1.71. The first-order chi connectivity index (χ1) is 4.20. The Morgan fingerprint density at radius 2 is 2.44 bits per heavy atom. The van der Waals surface area contributed by atoms with Gasteiger partial charge in [-0.3, -0.25) is 0 Å². The number of aliphatic hydroxyl groups excluding tert-OH is 1. The van der Waals surface area contributed by atoms with Gasteiger partial charge in [0.2, 0.25) is 0 Å². The quantitative estimate of drug-likeness (QED) is 0.613. The minimum atomic E-state index is -0.550. The summed E-state index contributed by atoms with van der Waals surface area (Å²) < 4.78 is 4.73. The third-order valence-electron chi connectivity index (χ3n) is 1.06. The molecule has 1 atom stereocenters. The van der Waals surface area contributed by atoms with Crippen LogP contribution in [0.4, 0.5) is 0 Å². The highest BCUT2D eigenvalue weighted by molar-refractivity contribution is 5.04. The maximum atomic E-state index is 8.90. The predicted molar refractivity (Wildman–Crippen MR) is 31.9 cm³/mol. The van der Waals surface area contributed by atoms with Crippen molar-refractivity contribution >= 4 is 0 Å². The van der Waals surface area contributed by atoms with Gasteiger partial charge in [-0.1, -0.05) is 5.16 Å². The van der Waals surface area contributed by atoms with E-state index in [9.17, 15) is 0 Å². The van der Waals surface area contributed by atoms with E-state index in [2.05, 4.69) is 5.16 Å². The predicted octanol–water partition coefficient (Wildman–Crippen LogP) is 1.04. The van der Waals surface area contributed by atoms with Crippen LogP contribution in [0.2, 0.25) is 0 Å². The number of aryl methyl sites for hydroxylation is 1. The number of hydrogen-bond donors (Lipinski definition) is 1. The second-order valence-corrected chi connectivity index (χ2v) is 2.05. The molecule has 0 aliphatic carbocycles. The summed E-state index contributed by atoms with van der Waals surface area (Å²) in [6.45, 7) is 3.45. The minimum Gasteiger partial charge on any atom is -0.385 e. The van der Waals surface area contributed by atoms with Gasteiger partial charge in [0, 0.05) is 6.07 Å². The first-order valence-electron chi connectivity index (χ1n) is 2.81. The van der Waals surface area contributed by atoms with Crippen LogP contribution in [0.3, 0.4) is 0 Å². The lowest BCUT2D eigenvalue weighted by molar-refractivity contribution is 0.157. The largest absolute Gasteiger partial charge is 0.385 e. The number of hydrogen-bond acceptors (Lipinski definition) is 3. The van der Waals surface area contributed by atoms with Crippen molar-refractivity contribution in [3.63, 3.8) is 0 Å². The monoisotopic (exact) mass is 127 g/mol. The van der Waals surface area contributed by atoms with E-state index in [1.165, 1.54) is 0 Å². The van der Waals surface area contributed by atoms with Crippen LogP contribution in [-0.2, 0) is 0 Å². The highest BCUT2D eigenvalue weighted by Crippen LogP contribution is 2.11. The molecule has 0 amide bonds. The van der Waals surface area contributed by atoms with Gasteiger partial charge < -0.3 is 9.63 Å². The van der Waals surface area contributed by atoms with Gasteiger partial charge >= 0.3 is 0 Å². The summed E-state index contributed by atoms with van der Waals surface area (Å²) >= 11 is 0. The molecular formula is C6H9NO2. The number of aromatic nitrogens is 1. The lowest BCUT2D eigenvalue weighted by Gasteiger charge is -1.92. The highest BCUT2D eigenvalue weighted by Gasteiger charge is 2.04. The molecule has 0 aliphatic heterocycles. The van der Waals surface area contributed by atoms with Crippen molar-refractivity contribution in [3.8, 4) is 0 Å². The number of nitrogens with zero attached hydrogens (tertiary/aromatic N) is 1. The van der Waals surface area contributed by atoms with Gasteiger partial charge in [0.25, 0.3) is 0 Å².